The molecular formula is C20H20ClN5O2. The number of primary amides is 1. The van der Waals surface area contributed by atoms with E-state index < -0.39 is 0 Å². The molecule has 2 amide bonds. The van der Waals surface area contributed by atoms with E-state index in [-0.39, 0.29) is 17.8 Å². The molecule has 3 aromatic rings. The molecule has 0 aliphatic carbocycles. The Labute approximate surface area is 167 Å². The molecule has 1 saturated heterocycles. The van der Waals surface area contributed by atoms with Gasteiger partial charge in [-0.15, -0.1) is 0 Å². The number of carbonyl (C=O) groups is 1. The number of aromatic hydroxyl groups is 1. The first-order chi connectivity index (χ1) is 13.5. The quantitative estimate of drug-likeness (QED) is 0.626. The van der Waals surface area contributed by atoms with Crippen LogP contribution in [0.3, 0.4) is 0 Å². The fourth-order valence-corrected chi connectivity index (χ4v) is 3.70. The summed E-state index contributed by atoms with van der Waals surface area (Å²) in [6.45, 7) is 1.23. The minimum atomic E-state index is -0.384. The second kappa shape index (κ2) is 7.52. The molecule has 2 heterocycles. The van der Waals surface area contributed by atoms with Gasteiger partial charge in [-0.25, -0.2) is 14.8 Å². The first-order valence-corrected chi connectivity index (χ1v) is 9.44. The van der Waals surface area contributed by atoms with Crippen LogP contribution in [0.2, 0.25) is 5.02 Å². The minimum absolute atomic E-state index is 0.111. The number of carbonyl (C=O) groups excluding carboxylic acids is 1. The number of hydrogen-bond donors (Lipinski definition) is 3. The predicted molar refractivity (Wildman–Crippen MR) is 109 cm³/mol. The smallest absolute Gasteiger partial charge is 0.314 e. The summed E-state index contributed by atoms with van der Waals surface area (Å²) in [4.78, 5) is 21.8. The summed E-state index contributed by atoms with van der Waals surface area (Å²) in [5, 5.41) is 15.2. The Morgan fingerprint density at radius 3 is 2.68 bits per heavy atom. The van der Waals surface area contributed by atoms with Crippen molar-refractivity contribution in [2.45, 2.75) is 18.9 Å². The number of likely N-dealkylation sites (tertiary alicyclic amines) is 1. The number of nitrogens with two attached hydrogens (primary N) is 1. The first kappa shape index (κ1) is 18.3. The molecule has 0 atom stereocenters. The number of nitrogens with one attached hydrogen (secondary N) is 1. The molecule has 4 rings (SSSR count). The van der Waals surface area contributed by atoms with Gasteiger partial charge < -0.3 is 21.1 Å². The van der Waals surface area contributed by atoms with E-state index in [2.05, 4.69) is 15.3 Å². The topological polar surface area (TPSA) is 104 Å². The van der Waals surface area contributed by atoms with Gasteiger partial charge in [0.05, 0.1) is 5.52 Å². The van der Waals surface area contributed by atoms with Crippen LogP contribution < -0.4 is 11.1 Å². The van der Waals surface area contributed by atoms with Crippen molar-refractivity contribution in [2.24, 2.45) is 5.73 Å². The highest BCUT2D eigenvalue weighted by atomic mass is 35.5. The summed E-state index contributed by atoms with van der Waals surface area (Å²) < 4.78 is 0. The second-order valence-electron chi connectivity index (χ2n) is 6.85. The standard InChI is InChI=1S/C20H20ClN5O2/c21-16-4-2-1-3-14(16)15-9-12-11-23-20(25-17(12)10-18(15)27)24-13-5-7-26(8-6-13)19(22)28/h1-4,9-11,13,27H,5-8H2,(H2,22,28)(H,23,24,25). The van der Waals surface area contributed by atoms with Crippen LogP contribution in [0.15, 0.2) is 42.6 Å². The van der Waals surface area contributed by atoms with Crippen molar-refractivity contribution in [1.29, 1.82) is 0 Å². The normalized spacial score (nSPS) is 15.0. The highest BCUT2D eigenvalue weighted by Gasteiger charge is 2.21. The Kier molecular flexibility index (Phi) is 4.92. The third-order valence-electron chi connectivity index (χ3n) is 5.00. The maximum absolute atomic E-state index is 11.2. The van der Waals surface area contributed by atoms with Crippen LogP contribution in [-0.2, 0) is 0 Å². The molecule has 0 saturated carbocycles. The summed E-state index contributed by atoms with van der Waals surface area (Å²) in [6, 6.07) is 10.6. The summed E-state index contributed by atoms with van der Waals surface area (Å²) in [5.74, 6) is 0.606. The van der Waals surface area contributed by atoms with Crippen LogP contribution in [0.25, 0.3) is 22.0 Å². The molecule has 0 spiro atoms. The SMILES string of the molecule is NC(=O)N1CCC(Nc2ncc3cc(-c4ccccc4Cl)c(O)cc3n2)CC1. The molecule has 0 bridgehead atoms. The maximum Gasteiger partial charge on any atom is 0.314 e. The van der Waals surface area contributed by atoms with Gasteiger partial charge in [0.1, 0.15) is 5.75 Å². The molecule has 1 aliphatic rings. The van der Waals surface area contributed by atoms with E-state index in [0.29, 0.717) is 35.1 Å². The number of rotatable bonds is 3. The number of aromatic nitrogens is 2. The van der Waals surface area contributed by atoms with Crippen LogP contribution in [0, 0.1) is 0 Å². The third-order valence-corrected chi connectivity index (χ3v) is 5.33. The number of fused-ring (bicyclic) bond motifs is 1. The van der Waals surface area contributed by atoms with Crippen LogP contribution in [0.4, 0.5) is 10.7 Å². The van der Waals surface area contributed by atoms with Crippen molar-refractivity contribution < 1.29 is 9.90 Å². The van der Waals surface area contributed by atoms with Crippen molar-refractivity contribution >= 4 is 34.5 Å². The van der Waals surface area contributed by atoms with Crippen molar-refractivity contribution in [1.82, 2.24) is 14.9 Å². The highest BCUT2D eigenvalue weighted by molar-refractivity contribution is 6.33. The highest BCUT2D eigenvalue weighted by Crippen LogP contribution is 2.36. The number of phenols is 1. The van der Waals surface area contributed by atoms with E-state index in [1.54, 1.807) is 23.2 Å². The van der Waals surface area contributed by atoms with Crippen LogP contribution in [-0.4, -0.2) is 45.1 Å². The molecule has 1 aromatic heterocycles. The van der Waals surface area contributed by atoms with E-state index in [9.17, 15) is 9.90 Å². The Bertz CT molecular complexity index is 1030. The fraction of sp³-hybridized carbons (Fsp3) is 0.250. The van der Waals surface area contributed by atoms with Crippen molar-refractivity contribution in [2.75, 3.05) is 18.4 Å². The number of amides is 2. The van der Waals surface area contributed by atoms with Gasteiger partial charge in [0.15, 0.2) is 0 Å². The van der Waals surface area contributed by atoms with Crippen molar-refractivity contribution in [3.63, 3.8) is 0 Å². The van der Waals surface area contributed by atoms with E-state index in [1.807, 2.05) is 24.3 Å². The van der Waals surface area contributed by atoms with E-state index in [4.69, 9.17) is 17.3 Å². The van der Waals surface area contributed by atoms with Gasteiger partial charge >= 0.3 is 6.03 Å². The molecule has 0 radical (unpaired) electrons. The lowest BCUT2D eigenvalue weighted by molar-refractivity contribution is 0.193. The Balaban J connectivity index is 1.56. The second-order valence-corrected chi connectivity index (χ2v) is 7.25. The molecule has 28 heavy (non-hydrogen) atoms. The molecular weight excluding hydrogens is 378 g/mol. The van der Waals surface area contributed by atoms with Gasteiger partial charge in [-0.3, -0.25) is 0 Å². The number of halogens is 1. The number of hydrogen-bond acceptors (Lipinski definition) is 5. The van der Waals surface area contributed by atoms with Crippen molar-refractivity contribution in [3.05, 3.63) is 47.6 Å². The number of nitrogens with zero attached hydrogens (tertiary/aromatic N) is 3. The minimum Gasteiger partial charge on any atom is -0.507 e. The van der Waals surface area contributed by atoms with Gasteiger partial charge in [-0.2, -0.15) is 0 Å². The third kappa shape index (κ3) is 3.66. The van der Waals surface area contributed by atoms with Crippen LogP contribution in [0.5, 0.6) is 5.75 Å². The Morgan fingerprint density at radius 1 is 1.21 bits per heavy atom. The van der Waals surface area contributed by atoms with E-state index >= 15 is 0 Å². The summed E-state index contributed by atoms with van der Waals surface area (Å²) >= 11 is 6.26. The molecule has 4 N–H and O–H groups in total. The lowest BCUT2D eigenvalue weighted by Crippen LogP contribution is -2.44. The molecule has 1 aliphatic heterocycles. The number of urea groups is 1. The largest absolute Gasteiger partial charge is 0.507 e. The first-order valence-electron chi connectivity index (χ1n) is 9.07. The lowest BCUT2D eigenvalue weighted by atomic mass is 10.0. The van der Waals surface area contributed by atoms with Crippen LogP contribution >= 0.6 is 11.6 Å². The number of anilines is 1. The average molecular weight is 398 g/mol. The van der Waals surface area contributed by atoms with Crippen molar-refractivity contribution in [3.8, 4) is 16.9 Å². The summed E-state index contributed by atoms with van der Waals surface area (Å²) in [5.41, 5.74) is 7.35. The fourth-order valence-electron chi connectivity index (χ4n) is 3.46. The number of benzene rings is 2. The lowest BCUT2D eigenvalue weighted by Gasteiger charge is -2.31. The zero-order chi connectivity index (χ0) is 19.7. The molecule has 8 heteroatoms. The molecule has 1 fully saturated rings. The Hall–Kier alpha value is -3.06. The van der Waals surface area contributed by atoms with E-state index in [0.717, 1.165) is 23.8 Å². The average Bonchev–Trinajstić information content (AvgIpc) is 2.68. The summed E-state index contributed by atoms with van der Waals surface area (Å²) in [6.07, 6.45) is 3.28. The molecule has 144 valence electrons. The number of piperidine rings is 1. The zero-order valence-electron chi connectivity index (χ0n) is 15.1. The molecule has 2 aromatic carbocycles. The van der Waals surface area contributed by atoms with Crippen LogP contribution in [0.1, 0.15) is 12.8 Å². The molecule has 7 nitrogen and oxygen atoms in total. The summed E-state index contributed by atoms with van der Waals surface area (Å²) in [7, 11) is 0. The Morgan fingerprint density at radius 2 is 1.96 bits per heavy atom. The zero-order valence-corrected chi connectivity index (χ0v) is 15.9. The maximum atomic E-state index is 11.2. The van der Waals surface area contributed by atoms with E-state index in [1.165, 1.54) is 0 Å². The molecule has 0 unspecified atom stereocenters. The predicted octanol–water partition coefficient (Wildman–Crippen LogP) is 3.61. The van der Waals surface area contributed by atoms with Gasteiger partial charge in [0, 0.05) is 52.9 Å². The number of phenolic OH excluding ortho intramolecular Hbond substituents is 1. The van der Waals surface area contributed by atoms with Gasteiger partial charge in [-0.05, 0) is 25.0 Å². The van der Waals surface area contributed by atoms with Gasteiger partial charge in [0.25, 0.3) is 0 Å². The van der Waals surface area contributed by atoms with Gasteiger partial charge in [-0.1, -0.05) is 29.8 Å². The van der Waals surface area contributed by atoms with Gasteiger partial charge in [0.2, 0.25) is 5.95 Å². The monoisotopic (exact) mass is 397 g/mol.